The van der Waals surface area contributed by atoms with E-state index < -0.39 is 11.7 Å². The number of anilines is 1. The van der Waals surface area contributed by atoms with Crippen LogP contribution < -0.4 is 16.8 Å². The molecule has 5 N–H and O–H groups in total. The van der Waals surface area contributed by atoms with Gasteiger partial charge in [0.15, 0.2) is 0 Å². The Labute approximate surface area is 92.8 Å². The molecule has 0 spiro atoms. The number of halogens is 1. The first-order valence-electron chi connectivity index (χ1n) is 5.18. The predicted molar refractivity (Wildman–Crippen MR) is 59.5 cm³/mol. The van der Waals surface area contributed by atoms with Gasteiger partial charge in [-0.25, -0.2) is 4.39 Å². The monoisotopic (exact) mass is 223 g/mol. The number of nitrogens with two attached hydrogens (primary N) is 2. The van der Waals surface area contributed by atoms with Gasteiger partial charge in [0.2, 0.25) is 0 Å². The first kappa shape index (κ1) is 10.9. The van der Waals surface area contributed by atoms with E-state index in [2.05, 4.69) is 5.32 Å². The van der Waals surface area contributed by atoms with Crippen LogP contribution in [0.25, 0.3) is 0 Å². The van der Waals surface area contributed by atoms with Crippen molar-refractivity contribution in [3.05, 3.63) is 29.6 Å². The van der Waals surface area contributed by atoms with Gasteiger partial charge in [0.25, 0.3) is 5.91 Å². The van der Waals surface area contributed by atoms with Crippen molar-refractivity contribution >= 4 is 11.6 Å². The molecule has 0 saturated heterocycles. The average molecular weight is 223 g/mol. The van der Waals surface area contributed by atoms with E-state index in [1.807, 2.05) is 0 Å². The third-order valence-electron chi connectivity index (χ3n) is 2.79. The number of hydrogen-bond acceptors (Lipinski definition) is 3. The molecular weight excluding hydrogens is 209 g/mol. The number of benzene rings is 1. The lowest BCUT2D eigenvalue weighted by atomic mass is 9.87. The zero-order chi connectivity index (χ0) is 11.7. The summed E-state index contributed by atoms with van der Waals surface area (Å²) < 4.78 is 13.4. The number of nitrogens with one attached hydrogen (secondary N) is 1. The number of rotatable bonds is 3. The van der Waals surface area contributed by atoms with Crippen LogP contribution in [0.3, 0.4) is 0 Å². The number of carbonyl (C=O) groups is 1. The van der Waals surface area contributed by atoms with Crippen LogP contribution >= 0.6 is 0 Å². The topological polar surface area (TPSA) is 81.1 Å². The Hall–Kier alpha value is -1.62. The fourth-order valence-electron chi connectivity index (χ4n) is 1.89. The van der Waals surface area contributed by atoms with E-state index >= 15 is 0 Å². The number of hydrogen-bond donors (Lipinski definition) is 3. The van der Waals surface area contributed by atoms with E-state index in [1.54, 1.807) is 12.1 Å². The van der Waals surface area contributed by atoms with Crippen LogP contribution in [0, 0.1) is 5.82 Å². The molecule has 1 amide bonds. The van der Waals surface area contributed by atoms with E-state index in [1.165, 1.54) is 6.07 Å². The van der Waals surface area contributed by atoms with E-state index in [9.17, 15) is 9.18 Å². The van der Waals surface area contributed by atoms with Crippen molar-refractivity contribution in [2.45, 2.75) is 24.9 Å². The SMILES string of the molecule is NC(=O)c1c(F)cccc1NC1CC(N)C1. The average Bonchev–Trinajstić information content (AvgIpc) is 2.14. The highest BCUT2D eigenvalue weighted by molar-refractivity contribution is 5.98. The van der Waals surface area contributed by atoms with Gasteiger partial charge in [0.1, 0.15) is 5.82 Å². The van der Waals surface area contributed by atoms with Crippen molar-refractivity contribution in [3.63, 3.8) is 0 Å². The highest BCUT2D eigenvalue weighted by atomic mass is 19.1. The molecule has 1 aromatic rings. The molecule has 1 aliphatic carbocycles. The van der Waals surface area contributed by atoms with Gasteiger partial charge in [-0.2, -0.15) is 0 Å². The van der Waals surface area contributed by atoms with Gasteiger partial charge in [0, 0.05) is 12.1 Å². The molecule has 1 aliphatic rings. The molecule has 4 nitrogen and oxygen atoms in total. The Kier molecular flexibility index (Phi) is 2.78. The molecule has 0 unspecified atom stereocenters. The highest BCUT2D eigenvalue weighted by Crippen LogP contribution is 2.25. The summed E-state index contributed by atoms with van der Waals surface area (Å²) in [6.07, 6.45) is 1.66. The van der Waals surface area contributed by atoms with Gasteiger partial charge in [-0.1, -0.05) is 6.07 Å². The standard InChI is InChI=1S/C11H14FN3O/c12-8-2-1-3-9(10(8)11(14)16)15-7-4-6(13)5-7/h1-3,6-7,15H,4-5,13H2,(H2,14,16). The molecule has 1 aromatic carbocycles. The van der Waals surface area contributed by atoms with Crippen molar-refractivity contribution in [2.24, 2.45) is 11.5 Å². The molecular formula is C11H14FN3O. The minimum atomic E-state index is -0.760. The van der Waals surface area contributed by atoms with Crippen molar-refractivity contribution in [1.29, 1.82) is 0 Å². The zero-order valence-corrected chi connectivity index (χ0v) is 8.74. The summed E-state index contributed by atoms with van der Waals surface area (Å²) in [4.78, 5) is 11.1. The van der Waals surface area contributed by atoms with Crippen molar-refractivity contribution in [2.75, 3.05) is 5.32 Å². The van der Waals surface area contributed by atoms with Gasteiger partial charge in [0.05, 0.1) is 11.3 Å². The molecule has 0 aliphatic heterocycles. The molecule has 0 heterocycles. The maximum Gasteiger partial charge on any atom is 0.253 e. The maximum absolute atomic E-state index is 13.4. The number of primary amides is 1. The highest BCUT2D eigenvalue weighted by Gasteiger charge is 2.27. The fourth-order valence-corrected chi connectivity index (χ4v) is 1.89. The molecule has 5 heteroatoms. The quantitative estimate of drug-likeness (QED) is 0.709. The molecule has 0 radical (unpaired) electrons. The van der Waals surface area contributed by atoms with E-state index in [4.69, 9.17) is 11.5 Å². The molecule has 1 fully saturated rings. The first-order chi connectivity index (χ1) is 7.58. The third-order valence-corrected chi connectivity index (χ3v) is 2.79. The van der Waals surface area contributed by atoms with Crippen LogP contribution in [0.15, 0.2) is 18.2 Å². The number of carbonyl (C=O) groups excluding carboxylic acids is 1. The second kappa shape index (κ2) is 4.09. The molecule has 16 heavy (non-hydrogen) atoms. The minimum absolute atomic E-state index is 0.0806. The summed E-state index contributed by atoms with van der Waals surface area (Å²) in [5.41, 5.74) is 11.1. The predicted octanol–water partition coefficient (Wildman–Crippen LogP) is 0.826. The molecule has 0 aromatic heterocycles. The normalized spacial score (nSPS) is 23.6. The number of amides is 1. The minimum Gasteiger partial charge on any atom is -0.381 e. The molecule has 0 atom stereocenters. The largest absolute Gasteiger partial charge is 0.381 e. The van der Waals surface area contributed by atoms with Gasteiger partial charge in [-0.05, 0) is 25.0 Å². The van der Waals surface area contributed by atoms with Crippen LogP contribution in [-0.2, 0) is 0 Å². The lowest BCUT2D eigenvalue weighted by molar-refractivity contribution is 0.0997. The summed E-state index contributed by atoms with van der Waals surface area (Å²) in [5.74, 6) is -1.36. The summed E-state index contributed by atoms with van der Waals surface area (Å²) in [6.45, 7) is 0. The van der Waals surface area contributed by atoms with Crippen LogP contribution in [0.5, 0.6) is 0 Å². The van der Waals surface area contributed by atoms with Crippen LogP contribution in [0.1, 0.15) is 23.2 Å². The lowest BCUT2D eigenvalue weighted by Gasteiger charge is -2.34. The van der Waals surface area contributed by atoms with E-state index in [-0.39, 0.29) is 17.6 Å². The van der Waals surface area contributed by atoms with Crippen LogP contribution in [0.2, 0.25) is 0 Å². The van der Waals surface area contributed by atoms with E-state index in [0.29, 0.717) is 5.69 Å². The Morgan fingerprint density at radius 3 is 2.69 bits per heavy atom. The molecule has 1 saturated carbocycles. The first-order valence-corrected chi connectivity index (χ1v) is 5.18. The maximum atomic E-state index is 13.4. The second-order valence-corrected chi connectivity index (χ2v) is 4.10. The van der Waals surface area contributed by atoms with Crippen molar-refractivity contribution < 1.29 is 9.18 Å². The van der Waals surface area contributed by atoms with Crippen LogP contribution in [0.4, 0.5) is 10.1 Å². The van der Waals surface area contributed by atoms with Crippen molar-refractivity contribution in [1.82, 2.24) is 0 Å². The Bertz CT molecular complexity index is 416. The fraction of sp³-hybridized carbons (Fsp3) is 0.364. The smallest absolute Gasteiger partial charge is 0.253 e. The zero-order valence-electron chi connectivity index (χ0n) is 8.74. The summed E-state index contributed by atoms with van der Waals surface area (Å²) in [6, 6.07) is 4.81. The molecule has 2 rings (SSSR count). The second-order valence-electron chi connectivity index (χ2n) is 4.10. The van der Waals surface area contributed by atoms with E-state index in [0.717, 1.165) is 12.8 Å². The van der Waals surface area contributed by atoms with Gasteiger partial charge in [-0.15, -0.1) is 0 Å². The summed E-state index contributed by atoms with van der Waals surface area (Å²) in [7, 11) is 0. The third kappa shape index (κ3) is 1.99. The summed E-state index contributed by atoms with van der Waals surface area (Å²) in [5, 5.41) is 3.08. The summed E-state index contributed by atoms with van der Waals surface area (Å²) >= 11 is 0. The van der Waals surface area contributed by atoms with Crippen molar-refractivity contribution in [3.8, 4) is 0 Å². The molecule has 0 bridgehead atoms. The van der Waals surface area contributed by atoms with Gasteiger partial charge < -0.3 is 16.8 Å². The van der Waals surface area contributed by atoms with Gasteiger partial charge in [-0.3, -0.25) is 4.79 Å². The Morgan fingerprint density at radius 2 is 2.12 bits per heavy atom. The van der Waals surface area contributed by atoms with Gasteiger partial charge >= 0.3 is 0 Å². The Morgan fingerprint density at radius 1 is 1.44 bits per heavy atom. The Balaban J connectivity index is 2.19. The molecule has 86 valence electrons. The van der Waals surface area contributed by atoms with Crippen LogP contribution in [-0.4, -0.2) is 18.0 Å². The lowest BCUT2D eigenvalue weighted by Crippen LogP contribution is -2.44.